The number of carbonyl (C=O) groups is 1. The van der Waals surface area contributed by atoms with Crippen LogP contribution in [-0.4, -0.2) is 76.3 Å². The van der Waals surface area contributed by atoms with E-state index in [0.717, 1.165) is 37.4 Å². The zero-order valence-corrected chi connectivity index (χ0v) is 13.7. The minimum absolute atomic E-state index is 0.0213. The molecule has 1 N–H and O–H groups in total. The number of fused-ring (bicyclic) bond motifs is 1. The lowest BCUT2D eigenvalue weighted by atomic mass is 9.98. The number of hydrogen-bond acceptors (Lipinski definition) is 5. The number of nitrogens with zero attached hydrogens (tertiary/aromatic N) is 4. The van der Waals surface area contributed by atoms with Gasteiger partial charge in [-0.05, 0) is 25.6 Å². The van der Waals surface area contributed by atoms with Gasteiger partial charge in [0.15, 0.2) is 0 Å². The molecule has 0 radical (unpaired) electrons. The number of carbonyl (C=O) groups excluding carboxylic acids is 1. The Morgan fingerprint density at radius 2 is 2.17 bits per heavy atom. The van der Waals surface area contributed by atoms with E-state index in [-0.39, 0.29) is 18.1 Å². The average molecular weight is 327 g/mol. The van der Waals surface area contributed by atoms with Crippen molar-refractivity contribution in [2.24, 2.45) is 0 Å². The fraction of sp³-hybridized carbons (Fsp3) is 0.471. The van der Waals surface area contributed by atoms with Crippen molar-refractivity contribution < 1.29 is 9.53 Å². The summed E-state index contributed by atoms with van der Waals surface area (Å²) in [5.74, 6) is 0.0213. The maximum atomic E-state index is 13.0. The van der Waals surface area contributed by atoms with Crippen molar-refractivity contribution in [2.75, 3.05) is 33.3 Å². The molecule has 7 heteroatoms. The van der Waals surface area contributed by atoms with Gasteiger partial charge in [-0.25, -0.2) is 0 Å². The number of rotatable bonds is 2. The third-order valence-corrected chi connectivity index (χ3v) is 4.99. The van der Waals surface area contributed by atoms with E-state index < -0.39 is 0 Å². The Morgan fingerprint density at radius 1 is 1.33 bits per heavy atom. The van der Waals surface area contributed by atoms with Gasteiger partial charge in [-0.3, -0.25) is 19.8 Å². The van der Waals surface area contributed by atoms with Crippen LogP contribution in [0.25, 0.3) is 11.3 Å². The monoisotopic (exact) mass is 327 g/mol. The first-order valence-corrected chi connectivity index (χ1v) is 8.29. The van der Waals surface area contributed by atoms with Crippen LogP contribution in [0.1, 0.15) is 16.8 Å². The second-order valence-corrected chi connectivity index (χ2v) is 6.39. The van der Waals surface area contributed by atoms with Crippen molar-refractivity contribution >= 4 is 5.91 Å². The highest BCUT2D eigenvalue weighted by Gasteiger charge is 2.37. The number of pyridine rings is 1. The van der Waals surface area contributed by atoms with Crippen LogP contribution in [0.4, 0.5) is 0 Å². The molecule has 126 valence electrons. The molecule has 0 unspecified atom stereocenters. The number of likely N-dealkylation sites (N-methyl/N-ethyl adjacent to an activating group) is 1. The number of piperidine rings is 1. The van der Waals surface area contributed by atoms with Crippen LogP contribution in [0.15, 0.2) is 30.7 Å². The van der Waals surface area contributed by atoms with Gasteiger partial charge in [0.1, 0.15) is 0 Å². The molecule has 24 heavy (non-hydrogen) atoms. The molecular weight excluding hydrogens is 306 g/mol. The molecule has 1 amide bonds. The fourth-order valence-corrected chi connectivity index (χ4v) is 3.58. The van der Waals surface area contributed by atoms with E-state index in [1.54, 1.807) is 18.6 Å². The van der Waals surface area contributed by atoms with E-state index in [1.165, 1.54) is 0 Å². The largest absolute Gasteiger partial charge is 0.375 e. The summed E-state index contributed by atoms with van der Waals surface area (Å²) in [6, 6.07) is 4.02. The van der Waals surface area contributed by atoms with Gasteiger partial charge < -0.3 is 9.64 Å². The molecule has 2 aliphatic heterocycles. The third-order valence-electron chi connectivity index (χ3n) is 4.99. The van der Waals surface area contributed by atoms with Crippen LogP contribution in [0.5, 0.6) is 0 Å². The lowest BCUT2D eigenvalue weighted by molar-refractivity contribution is -0.0893. The van der Waals surface area contributed by atoms with E-state index in [1.807, 2.05) is 17.0 Å². The van der Waals surface area contributed by atoms with Crippen LogP contribution < -0.4 is 0 Å². The first-order valence-electron chi connectivity index (χ1n) is 8.29. The lowest BCUT2D eigenvalue weighted by Crippen LogP contribution is -2.59. The molecule has 2 atom stereocenters. The molecule has 2 aromatic rings. The summed E-state index contributed by atoms with van der Waals surface area (Å²) in [7, 11) is 2.11. The molecule has 0 saturated carbocycles. The number of nitrogens with one attached hydrogen (secondary N) is 1. The average Bonchev–Trinajstić information content (AvgIpc) is 3.12. The van der Waals surface area contributed by atoms with Gasteiger partial charge in [-0.15, -0.1) is 0 Å². The second-order valence-electron chi connectivity index (χ2n) is 6.39. The van der Waals surface area contributed by atoms with Crippen molar-refractivity contribution in [3.05, 3.63) is 36.3 Å². The molecule has 2 fully saturated rings. The highest BCUT2D eigenvalue weighted by molar-refractivity contribution is 5.99. The van der Waals surface area contributed by atoms with E-state index in [2.05, 4.69) is 27.1 Å². The van der Waals surface area contributed by atoms with Gasteiger partial charge in [0, 0.05) is 37.6 Å². The van der Waals surface area contributed by atoms with E-state index >= 15 is 0 Å². The van der Waals surface area contributed by atoms with Gasteiger partial charge >= 0.3 is 0 Å². The summed E-state index contributed by atoms with van der Waals surface area (Å²) in [6.45, 7) is 3.10. The maximum absolute atomic E-state index is 13.0. The molecule has 0 spiro atoms. The summed E-state index contributed by atoms with van der Waals surface area (Å²) in [6.07, 6.45) is 6.15. The van der Waals surface area contributed by atoms with Gasteiger partial charge in [0.2, 0.25) is 0 Å². The number of ether oxygens (including phenoxy) is 1. The topological polar surface area (TPSA) is 74.3 Å². The summed E-state index contributed by atoms with van der Waals surface area (Å²) >= 11 is 0. The second kappa shape index (κ2) is 6.33. The van der Waals surface area contributed by atoms with Crippen LogP contribution >= 0.6 is 0 Å². The van der Waals surface area contributed by atoms with Gasteiger partial charge in [0.05, 0.1) is 36.2 Å². The first kappa shape index (κ1) is 15.3. The van der Waals surface area contributed by atoms with E-state index in [9.17, 15) is 4.79 Å². The molecule has 0 aromatic carbocycles. The minimum Gasteiger partial charge on any atom is -0.375 e. The van der Waals surface area contributed by atoms with Gasteiger partial charge in [0.25, 0.3) is 5.91 Å². The molecule has 2 aromatic heterocycles. The van der Waals surface area contributed by atoms with Gasteiger partial charge in [-0.1, -0.05) is 0 Å². The maximum Gasteiger partial charge on any atom is 0.257 e. The fourth-order valence-electron chi connectivity index (χ4n) is 3.58. The van der Waals surface area contributed by atoms with Crippen LogP contribution in [-0.2, 0) is 4.74 Å². The zero-order valence-electron chi connectivity index (χ0n) is 13.7. The van der Waals surface area contributed by atoms with E-state index in [0.29, 0.717) is 12.1 Å². The Morgan fingerprint density at radius 3 is 3.00 bits per heavy atom. The Kier molecular flexibility index (Phi) is 4.03. The van der Waals surface area contributed by atoms with Crippen molar-refractivity contribution in [2.45, 2.75) is 18.6 Å². The quantitative estimate of drug-likeness (QED) is 0.891. The molecule has 2 saturated heterocycles. The van der Waals surface area contributed by atoms with Crippen molar-refractivity contribution in [3.63, 3.8) is 0 Å². The number of likely N-dealkylation sites (tertiary alicyclic amines) is 1. The van der Waals surface area contributed by atoms with Crippen LogP contribution in [0, 0.1) is 0 Å². The predicted octanol–water partition coefficient (Wildman–Crippen LogP) is 1.02. The van der Waals surface area contributed by atoms with Crippen LogP contribution in [0.2, 0.25) is 0 Å². The standard InChI is InChI=1S/C17H21N5O2/c1-21-8-9-24-15-4-7-22(11-14(15)21)17(23)13-10-19-20-16(13)12-2-5-18-6-3-12/h2-3,5-6,10,14-15H,4,7-9,11H2,1H3,(H,19,20)/t14-,15+/m1/s1. The predicted molar refractivity (Wildman–Crippen MR) is 88.5 cm³/mol. The molecule has 7 nitrogen and oxygen atoms in total. The number of H-pyrrole nitrogens is 1. The van der Waals surface area contributed by atoms with Crippen molar-refractivity contribution in [1.29, 1.82) is 0 Å². The summed E-state index contributed by atoms with van der Waals surface area (Å²) in [5.41, 5.74) is 2.27. The molecular formula is C17H21N5O2. The number of aromatic amines is 1. The first-order chi connectivity index (χ1) is 11.7. The number of amides is 1. The SMILES string of the molecule is CN1CCO[C@H]2CCN(C(=O)c3cn[nH]c3-c3ccncc3)C[C@H]21. The summed E-state index contributed by atoms with van der Waals surface area (Å²) < 4.78 is 5.86. The Hall–Kier alpha value is -2.25. The van der Waals surface area contributed by atoms with Crippen LogP contribution in [0.3, 0.4) is 0 Å². The van der Waals surface area contributed by atoms with Gasteiger partial charge in [-0.2, -0.15) is 5.10 Å². The Labute approximate surface area is 140 Å². The Bertz CT molecular complexity index is 717. The smallest absolute Gasteiger partial charge is 0.257 e. The molecule has 4 heterocycles. The Balaban J connectivity index is 1.56. The highest BCUT2D eigenvalue weighted by Crippen LogP contribution is 2.26. The number of morpholine rings is 1. The lowest BCUT2D eigenvalue weighted by Gasteiger charge is -2.45. The number of aromatic nitrogens is 3. The third kappa shape index (κ3) is 2.70. The normalized spacial score (nSPS) is 24.6. The van der Waals surface area contributed by atoms with E-state index in [4.69, 9.17) is 4.74 Å². The van der Waals surface area contributed by atoms with Crippen molar-refractivity contribution in [3.8, 4) is 11.3 Å². The summed E-state index contributed by atoms with van der Waals surface area (Å²) in [4.78, 5) is 21.3. The molecule has 2 aliphatic rings. The summed E-state index contributed by atoms with van der Waals surface area (Å²) in [5, 5.41) is 7.03. The zero-order chi connectivity index (χ0) is 16.5. The number of hydrogen-bond donors (Lipinski definition) is 1. The molecule has 0 bridgehead atoms. The van der Waals surface area contributed by atoms with Crippen molar-refractivity contribution in [1.82, 2.24) is 25.0 Å². The molecule has 0 aliphatic carbocycles. The minimum atomic E-state index is 0.0213. The highest BCUT2D eigenvalue weighted by atomic mass is 16.5. The molecule has 4 rings (SSSR count).